The van der Waals surface area contributed by atoms with Crippen molar-refractivity contribution in [1.82, 2.24) is 10.2 Å². The van der Waals surface area contributed by atoms with E-state index in [1.165, 1.54) is 11.3 Å². The topological polar surface area (TPSA) is 119 Å². The highest BCUT2D eigenvalue weighted by Gasteiger charge is 2.54. The average molecular weight is 665 g/mol. The van der Waals surface area contributed by atoms with E-state index in [1.54, 1.807) is 72.8 Å². The quantitative estimate of drug-likeness (QED) is 0.109. The number of nitrogens with zero attached hydrogens (tertiary/aromatic N) is 1. The second-order valence-corrected chi connectivity index (χ2v) is 13.2. The first-order chi connectivity index (χ1) is 21.0. The highest BCUT2D eigenvalue weighted by atomic mass is 32.2. The smallest absolute Gasteiger partial charge is 0.448 e. The predicted octanol–water partition coefficient (Wildman–Crippen LogP) is 4.66. The van der Waals surface area contributed by atoms with E-state index in [-0.39, 0.29) is 23.4 Å². The van der Waals surface area contributed by atoms with E-state index >= 15 is 0 Å². The number of halogens is 3. The number of amides is 2. The monoisotopic (exact) mass is 664 g/mol. The molecule has 1 fully saturated rings. The van der Waals surface area contributed by atoms with Gasteiger partial charge in [0.2, 0.25) is 5.91 Å². The summed E-state index contributed by atoms with van der Waals surface area (Å²) in [5.74, 6) is -2.06. The number of carbonyl (C=O) groups excluding carboxylic acids is 3. The number of benzene rings is 2. The maximum atomic E-state index is 13.8. The van der Waals surface area contributed by atoms with E-state index in [4.69, 9.17) is 4.74 Å². The summed E-state index contributed by atoms with van der Waals surface area (Å²) in [6, 6.07) is 20.1. The van der Waals surface area contributed by atoms with Crippen LogP contribution in [0.15, 0.2) is 102 Å². The molecule has 1 N–H and O–H groups in total. The Morgan fingerprint density at radius 2 is 1.66 bits per heavy atom. The number of fused-ring (bicyclic) bond motifs is 1. The van der Waals surface area contributed by atoms with Gasteiger partial charge < -0.3 is 14.2 Å². The van der Waals surface area contributed by atoms with Crippen LogP contribution in [0.2, 0.25) is 0 Å². The van der Waals surface area contributed by atoms with Crippen molar-refractivity contribution in [1.29, 1.82) is 0 Å². The van der Waals surface area contributed by atoms with Gasteiger partial charge in [0.05, 0.1) is 6.42 Å². The molecule has 0 saturated carbocycles. The Hall–Kier alpha value is -4.08. The third-order valence-electron chi connectivity index (χ3n) is 6.59. The Balaban J connectivity index is 1.44. The lowest BCUT2D eigenvalue weighted by atomic mass is 10.0. The van der Waals surface area contributed by atoms with Crippen LogP contribution in [0.1, 0.15) is 22.1 Å². The highest BCUT2D eigenvalue weighted by Crippen LogP contribution is 2.42. The normalized spacial score (nSPS) is 18.6. The van der Waals surface area contributed by atoms with Gasteiger partial charge in [-0.15, -0.1) is 23.1 Å². The first-order valence-corrected chi connectivity index (χ1v) is 16.3. The fourth-order valence-corrected chi connectivity index (χ4v) is 6.87. The molecule has 2 aliphatic rings. The summed E-state index contributed by atoms with van der Waals surface area (Å²) in [4.78, 5) is 41.7. The number of ether oxygens (including phenoxy) is 1. The molecular weight excluding hydrogens is 642 g/mol. The van der Waals surface area contributed by atoms with Crippen LogP contribution in [0.5, 0.6) is 0 Å². The zero-order valence-electron chi connectivity index (χ0n) is 22.5. The van der Waals surface area contributed by atoms with Crippen molar-refractivity contribution >= 4 is 51.0 Å². The second kappa shape index (κ2) is 12.9. The van der Waals surface area contributed by atoms with Gasteiger partial charge in [0.1, 0.15) is 23.4 Å². The van der Waals surface area contributed by atoms with Gasteiger partial charge in [-0.05, 0) is 34.2 Å². The van der Waals surface area contributed by atoms with Crippen LogP contribution in [0.3, 0.4) is 0 Å². The number of esters is 1. The molecule has 2 aliphatic heterocycles. The summed E-state index contributed by atoms with van der Waals surface area (Å²) < 4.78 is 71.1. The minimum Gasteiger partial charge on any atom is -0.448 e. The Morgan fingerprint density at radius 1 is 1.02 bits per heavy atom. The van der Waals surface area contributed by atoms with Crippen LogP contribution in [-0.2, 0) is 39.8 Å². The van der Waals surface area contributed by atoms with Crippen LogP contribution in [0.25, 0.3) is 0 Å². The Bertz CT molecular complexity index is 1650. The van der Waals surface area contributed by atoms with Crippen molar-refractivity contribution in [2.24, 2.45) is 0 Å². The van der Waals surface area contributed by atoms with Crippen molar-refractivity contribution < 1.29 is 44.9 Å². The molecule has 0 bridgehead atoms. The Kier molecular flexibility index (Phi) is 9.18. The van der Waals surface area contributed by atoms with Gasteiger partial charge in [0, 0.05) is 10.6 Å². The molecule has 230 valence electrons. The van der Waals surface area contributed by atoms with Crippen LogP contribution in [0, 0.1) is 0 Å². The number of rotatable bonds is 10. The van der Waals surface area contributed by atoms with Gasteiger partial charge >= 0.3 is 21.6 Å². The van der Waals surface area contributed by atoms with E-state index < -0.39 is 50.9 Å². The standard InChI is InChI=1S/C29H23F3N2O7S3/c30-29(31,32)44(38,39)40-14-13-20-17-43-27-23(33-22(35)16-21-12-7-15-42-21)26(36)34(27)24(20)28(37)41-25(18-8-3-1-4-9-18)19-10-5-2-6-11-19/h1-15,23,25,27H,16-17H2,(H,33,35)/b14-13+/t23?,27-/m1/s1. The van der Waals surface area contributed by atoms with Crippen LogP contribution < -0.4 is 5.32 Å². The molecule has 3 aromatic rings. The molecule has 15 heteroatoms. The molecular formula is C29H23F3N2O7S3. The number of carbonyl (C=O) groups is 3. The zero-order valence-corrected chi connectivity index (χ0v) is 24.9. The summed E-state index contributed by atoms with van der Waals surface area (Å²) in [5, 5.41) is 3.78. The predicted molar refractivity (Wildman–Crippen MR) is 156 cm³/mol. The Morgan fingerprint density at radius 3 is 2.23 bits per heavy atom. The van der Waals surface area contributed by atoms with Gasteiger partial charge in [-0.3, -0.25) is 14.5 Å². The van der Waals surface area contributed by atoms with Crippen molar-refractivity contribution in [2.45, 2.75) is 29.4 Å². The minimum absolute atomic E-state index is 0.00906. The number of hydrogen-bond acceptors (Lipinski definition) is 9. The zero-order chi connectivity index (χ0) is 31.5. The van der Waals surface area contributed by atoms with Crippen molar-refractivity contribution in [3.63, 3.8) is 0 Å². The van der Waals surface area contributed by atoms with Crippen LogP contribution in [0.4, 0.5) is 13.2 Å². The molecule has 3 heterocycles. The SMILES string of the molecule is O=C(Cc1cccs1)NC1C(=O)N2C(C(=O)OC(c3ccccc3)c3ccccc3)=C(/C=C/OS(=O)(=O)C(F)(F)F)CS[C@H]12. The largest absolute Gasteiger partial charge is 0.534 e. The molecule has 0 radical (unpaired) electrons. The number of thioether (sulfide) groups is 1. The van der Waals surface area contributed by atoms with Crippen molar-refractivity contribution in [3.8, 4) is 0 Å². The van der Waals surface area contributed by atoms with Gasteiger partial charge in [0.15, 0.2) is 6.10 Å². The fourth-order valence-electron chi connectivity index (χ4n) is 4.54. The number of β-lactam (4-membered cyclic amide) rings is 1. The van der Waals surface area contributed by atoms with Crippen LogP contribution in [-0.4, -0.2) is 53.8 Å². The summed E-state index contributed by atoms with van der Waals surface area (Å²) in [5.41, 5.74) is -4.76. The molecule has 0 aliphatic carbocycles. The number of nitrogens with one attached hydrogen (secondary N) is 1. The molecule has 2 amide bonds. The van der Waals surface area contributed by atoms with E-state index in [1.807, 2.05) is 5.38 Å². The maximum Gasteiger partial charge on any atom is 0.534 e. The second-order valence-electron chi connectivity index (χ2n) is 9.49. The lowest BCUT2D eigenvalue weighted by Crippen LogP contribution is -2.70. The fraction of sp³-hybridized carbons (Fsp3) is 0.207. The van der Waals surface area contributed by atoms with Gasteiger partial charge in [-0.2, -0.15) is 21.6 Å². The lowest BCUT2D eigenvalue weighted by molar-refractivity contribution is -0.154. The average Bonchev–Trinajstić information content (AvgIpc) is 3.51. The number of thiophene rings is 1. The maximum absolute atomic E-state index is 13.8. The first-order valence-electron chi connectivity index (χ1n) is 12.9. The molecule has 1 unspecified atom stereocenters. The third kappa shape index (κ3) is 6.69. The number of allylic oxidation sites excluding steroid dienone is 1. The van der Waals surface area contributed by atoms with E-state index in [0.29, 0.717) is 17.4 Å². The molecule has 1 aromatic heterocycles. The molecule has 2 aromatic carbocycles. The molecule has 5 rings (SSSR count). The molecule has 9 nitrogen and oxygen atoms in total. The van der Waals surface area contributed by atoms with Crippen molar-refractivity contribution in [3.05, 3.63) is 118 Å². The Labute approximate surface area is 258 Å². The van der Waals surface area contributed by atoms with Gasteiger partial charge in [-0.25, -0.2) is 4.79 Å². The molecule has 1 saturated heterocycles. The van der Waals surface area contributed by atoms with E-state index in [0.717, 1.165) is 27.6 Å². The summed E-state index contributed by atoms with van der Waals surface area (Å²) in [6.45, 7) is 0. The molecule has 0 spiro atoms. The van der Waals surface area contributed by atoms with E-state index in [9.17, 15) is 36.0 Å². The molecule has 44 heavy (non-hydrogen) atoms. The third-order valence-corrected chi connectivity index (χ3v) is 9.70. The minimum atomic E-state index is -5.95. The lowest BCUT2D eigenvalue weighted by Gasteiger charge is -2.49. The summed E-state index contributed by atoms with van der Waals surface area (Å²) >= 11 is 2.51. The number of alkyl halides is 3. The molecule has 2 atom stereocenters. The van der Waals surface area contributed by atoms with Crippen LogP contribution >= 0.6 is 23.1 Å². The first kappa shape index (κ1) is 31.3. The summed E-state index contributed by atoms with van der Waals surface area (Å²) in [7, 11) is -5.95. The van der Waals surface area contributed by atoms with E-state index in [2.05, 4.69) is 9.50 Å². The number of hydrogen-bond donors (Lipinski definition) is 1. The summed E-state index contributed by atoms with van der Waals surface area (Å²) in [6.07, 6.45) is 0.301. The highest BCUT2D eigenvalue weighted by molar-refractivity contribution is 8.00. The van der Waals surface area contributed by atoms with Gasteiger partial charge in [0.25, 0.3) is 5.91 Å². The van der Waals surface area contributed by atoms with Crippen molar-refractivity contribution in [2.75, 3.05) is 5.75 Å². The van der Waals surface area contributed by atoms with Gasteiger partial charge in [-0.1, -0.05) is 66.7 Å².